The average Bonchev–Trinajstić information content (AvgIpc) is 2.97. The van der Waals surface area contributed by atoms with Gasteiger partial charge < -0.3 is 30.0 Å². The van der Waals surface area contributed by atoms with Crippen LogP contribution in [0.4, 0.5) is 5.69 Å². The van der Waals surface area contributed by atoms with E-state index in [1.54, 1.807) is 21.9 Å². The number of phenols is 3. The van der Waals surface area contributed by atoms with Crippen molar-refractivity contribution >= 4 is 17.5 Å². The average molecular weight is 399 g/mol. The zero-order chi connectivity index (χ0) is 21.1. The Morgan fingerprint density at radius 2 is 1.28 bits per heavy atom. The summed E-state index contributed by atoms with van der Waals surface area (Å²) in [4.78, 5) is 30.8. The number of hydrogen-bond acceptors (Lipinski definition) is 6. The van der Waals surface area contributed by atoms with E-state index in [-0.39, 0.29) is 17.4 Å². The van der Waals surface area contributed by atoms with Gasteiger partial charge in [-0.1, -0.05) is 0 Å². The maximum Gasteiger partial charge on any atom is 0.254 e. The van der Waals surface area contributed by atoms with E-state index in [2.05, 4.69) is 0 Å². The predicted molar refractivity (Wildman–Crippen MR) is 109 cm³/mol. The molecule has 1 heterocycles. The van der Waals surface area contributed by atoms with Gasteiger partial charge in [-0.3, -0.25) is 9.59 Å². The molecule has 1 aliphatic heterocycles. The molecule has 2 amide bonds. The Balaban J connectivity index is 1.68. The first-order valence-corrected chi connectivity index (χ1v) is 9.39. The quantitative estimate of drug-likeness (QED) is 0.681. The Labute approximate surface area is 169 Å². The summed E-state index contributed by atoms with van der Waals surface area (Å²) >= 11 is 0. The molecule has 3 N–H and O–H groups in total. The van der Waals surface area contributed by atoms with E-state index >= 15 is 0 Å². The Bertz CT molecular complexity index is 888. The van der Waals surface area contributed by atoms with Gasteiger partial charge in [0.05, 0.1) is 0 Å². The summed E-state index contributed by atoms with van der Waals surface area (Å²) in [6, 6.07) is 9.63. The van der Waals surface area contributed by atoms with Crippen LogP contribution in [0, 0.1) is 0 Å². The van der Waals surface area contributed by atoms with Crippen LogP contribution in [0.25, 0.3) is 0 Å². The van der Waals surface area contributed by atoms with Gasteiger partial charge in [0.2, 0.25) is 0 Å². The van der Waals surface area contributed by atoms with Crippen LogP contribution in [0.3, 0.4) is 0 Å². The van der Waals surface area contributed by atoms with Gasteiger partial charge in [-0.15, -0.1) is 0 Å². The summed E-state index contributed by atoms with van der Waals surface area (Å²) in [6.07, 6.45) is 0.614. The van der Waals surface area contributed by atoms with Crippen LogP contribution in [0.1, 0.15) is 27.1 Å². The van der Waals surface area contributed by atoms with Crippen molar-refractivity contribution < 1.29 is 24.9 Å². The molecule has 1 fully saturated rings. The van der Waals surface area contributed by atoms with E-state index in [4.69, 9.17) is 0 Å². The third-order valence-corrected chi connectivity index (χ3v) is 5.02. The number of carbonyl (C=O) groups excluding carboxylic acids is 2. The van der Waals surface area contributed by atoms with Crippen LogP contribution < -0.4 is 4.90 Å². The molecule has 0 unspecified atom stereocenters. The van der Waals surface area contributed by atoms with Crippen LogP contribution in [0.15, 0.2) is 36.4 Å². The zero-order valence-corrected chi connectivity index (χ0v) is 16.5. The van der Waals surface area contributed by atoms with Gasteiger partial charge in [-0.25, -0.2) is 0 Å². The van der Waals surface area contributed by atoms with Crippen LogP contribution >= 0.6 is 0 Å². The number of hydrogen-bond donors (Lipinski definition) is 3. The molecule has 29 heavy (non-hydrogen) atoms. The summed E-state index contributed by atoms with van der Waals surface area (Å²) < 4.78 is 0. The second-order valence-corrected chi connectivity index (χ2v) is 7.24. The number of phenolic OH excluding ortho intramolecular Hbond substituents is 3. The maximum absolute atomic E-state index is 12.8. The molecular weight excluding hydrogens is 374 g/mol. The second-order valence-electron chi connectivity index (χ2n) is 7.24. The minimum Gasteiger partial charge on any atom is -0.504 e. The van der Waals surface area contributed by atoms with Gasteiger partial charge in [0, 0.05) is 57.1 Å². The number of benzene rings is 2. The summed E-state index contributed by atoms with van der Waals surface area (Å²) in [5, 5.41) is 28.7. The van der Waals surface area contributed by atoms with Gasteiger partial charge in [0.15, 0.2) is 17.2 Å². The third-order valence-electron chi connectivity index (χ3n) is 5.02. The molecule has 0 aliphatic carbocycles. The Kier molecular flexibility index (Phi) is 5.81. The van der Waals surface area contributed by atoms with Crippen molar-refractivity contribution in [1.82, 2.24) is 9.80 Å². The van der Waals surface area contributed by atoms with E-state index in [1.165, 1.54) is 0 Å². The molecule has 0 bridgehead atoms. The molecule has 154 valence electrons. The molecule has 0 spiro atoms. The highest BCUT2D eigenvalue weighted by atomic mass is 16.3. The smallest absolute Gasteiger partial charge is 0.254 e. The largest absolute Gasteiger partial charge is 0.504 e. The van der Waals surface area contributed by atoms with Crippen LogP contribution in [-0.4, -0.2) is 77.2 Å². The first-order chi connectivity index (χ1) is 13.8. The maximum atomic E-state index is 12.8. The van der Waals surface area contributed by atoms with Gasteiger partial charge >= 0.3 is 0 Å². The van der Waals surface area contributed by atoms with Crippen molar-refractivity contribution in [1.29, 1.82) is 0 Å². The summed E-state index contributed by atoms with van der Waals surface area (Å²) in [7, 11) is 3.87. The zero-order valence-electron chi connectivity index (χ0n) is 16.5. The van der Waals surface area contributed by atoms with Gasteiger partial charge in [-0.05, 0) is 42.8 Å². The predicted octanol–water partition coefficient (Wildman–Crippen LogP) is 1.86. The fourth-order valence-corrected chi connectivity index (χ4v) is 3.32. The third kappa shape index (κ3) is 4.37. The van der Waals surface area contributed by atoms with Gasteiger partial charge in [0.1, 0.15) is 0 Å². The number of rotatable bonds is 3. The van der Waals surface area contributed by atoms with Gasteiger partial charge in [0.25, 0.3) is 11.8 Å². The lowest BCUT2D eigenvalue weighted by atomic mass is 10.1. The molecule has 1 saturated heterocycles. The molecule has 0 saturated carbocycles. The molecule has 2 aromatic carbocycles. The summed E-state index contributed by atoms with van der Waals surface area (Å²) in [5.74, 6) is -2.22. The first kappa shape index (κ1) is 20.3. The lowest BCUT2D eigenvalue weighted by molar-refractivity contribution is 0.0718. The summed E-state index contributed by atoms with van der Waals surface area (Å²) in [6.45, 7) is 1.70. The number of nitrogens with zero attached hydrogens (tertiary/aromatic N) is 3. The van der Waals surface area contributed by atoms with Crippen LogP contribution in [0.5, 0.6) is 17.2 Å². The van der Waals surface area contributed by atoms with Crippen molar-refractivity contribution in [2.24, 2.45) is 0 Å². The lowest BCUT2D eigenvalue weighted by Crippen LogP contribution is -2.37. The number of carbonyl (C=O) groups is 2. The summed E-state index contributed by atoms with van der Waals surface area (Å²) in [5.41, 5.74) is 1.69. The topological polar surface area (TPSA) is 105 Å². The normalized spacial score (nSPS) is 14.4. The molecule has 3 rings (SSSR count). The van der Waals surface area contributed by atoms with E-state index in [9.17, 15) is 24.9 Å². The molecule has 1 aliphatic rings. The van der Waals surface area contributed by atoms with Crippen molar-refractivity contribution in [2.75, 3.05) is 45.2 Å². The first-order valence-electron chi connectivity index (χ1n) is 9.39. The number of anilines is 1. The van der Waals surface area contributed by atoms with E-state index in [1.807, 2.05) is 31.1 Å². The number of amides is 2. The van der Waals surface area contributed by atoms with Crippen molar-refractivity contribution in [3.05, 3.63) is 47.5 Å². The Hall–Kier alpha value is -3.42. The van der Waals surface area contributed by atoms with Gasteiger partial charge in [-0.2, -0.15) is 0 Å². The second kappa shape index (κ2) is 8.30. The number of aromatic hydroxyl groups is 3. The fourth-order valence-electron chi connectivity index (χ4n) is 3.32. The minimum absolute atomic E-state index is 0.0791. The van der Waals surface area contributed by atoms with E-state index < -0.39 is 17.2 Å². The lowest BCUT2D eigenvalue weighted by Gasteiger charge is -2.23. The molecule has 8 heteroatoms. The molecule has 2 aromatic rings. The SMILES string of the molecule is CN(C)c1ccc(C(=O)N2CCCN(C(=O)c3cc(O)c(O)c(O)c3)CC2)cc1. The highest BCUT2D eigenvalue weighted by Gasteiger charge is 2.24. The van der Waals surface area contributed by atoms with Crippen molar-refractivity contribution in [3.8, 4) is 17.2 Å². The van der Waals surface area contributed by atoms with Crippen LogP contribution in [-0.2, 0) is 0 Å². The van der Waals surface area contributed by atoms with Crippen molar-refractivity contribution in [2.45, 2.75) is 6.42 Å². The van der Waals surface area contributed by atoms with Crippen LogP contribution in [0.2, 0.25) is 0 Å². The molecule has 0 radical (unpaired) electrons. The van der Waals surface area contributed by atoms with E-state index in [0.717, 1.165) is 17.8 Å². The highest BCUT2D eigenvalue weighted by molar-refractivity contribution is 5.96. The Morgan fingerprint density at radius 1 is 0.793 bits per heavy atom. The molecule has 0 aromatic heterocycles. The standard InChI is InChI=1S/C21H25N3O5/c1-22(2)16-6-4-14(5-7-16)20(28)23-8-3-9-24(11-10-23)21(29)15-12-17(25)19(27)18(26)13-15/h4-7,12-13,25-27H,3,8-11H2,1-2H3. The van der Waals surface area contributed by atoms with E-state index in [0.29, 0.717) is 38.2 Å². The molecule has 8 nitrogen and oxygen atoms in total. The Morgan fingerprint density at radius 3 is 1.76 bits per heavy atom. The highest BCUT2D eigenvalue weighted by Crippen LogP contribution is 2.35. The fraction of sp³-hybridized carbons (Fsp3) is 0.333. The minimum atomic E-state index is -0.658. The van der Waals surface area contributed by atoms with Crippen molar-refractivity contribution in [3.63, 3.8) is 0 Å². The molecular formula is C21H25N3O5. The monoisotopic (exact) mass is 399 g/mol. The molecule has 0 atom stereocenters.